The van der Waals surface area contributed by atoms with Crippen molar-refractivity contribution in [2.24, 2.45) is 0 Å². The predicted octanol–water partition coefficient (Wildman–Crippen LogP) is -0.599. The Morgan fingerprint density at radius 2 is 2.05 bits per heavy atom. The number of hydrogen-bond acceptors (Lipinski definition) is 5. The molecule has 2 saturated heterocycles. The normalized spacial score (nSPS) is 29.2. The van der Waals surface area contributed by atoms with E-state index >= 15 is 0 Å². The van der Waals surface area contributed by atoms with Crippen molar-refractivity contribution >= 4 is 21.8 Å². The number of carboxylic acid groups (broad SMARTS) is 1. The van der Waals surface area contributed by atoms with Crippen molar-refractivity contribution < 1.29 is 27.9 Å². The number of carboxylic acids is 1. The van der Waals surface area contributed by atoms with Gasteiger partial charge in [-0.25, -0.2) is 13.2 Å². The lowest BCUT2D eigenvalue weighted by molar-refractivity contribution is -0.138. The van der Waals surface area contributed by atoms with Crippen LogP contribution in [0, 0.1) is 0 Å². The molecule has 9 heteroatoms. The summed E-state index contributed by atoms with van der Waals surface area (Å²) in [5, 5.41) is 8.92. The lowest BCUT2D eigenvalue weighted by Gasteiger charge is -2.40. The highest BCUT2D eigenvalue weighted by Gasteiger charge is 2.37. The number of amides is 2. The van der Waals surface area contributed by atoms with Crippen LogP contribution in [-0.4, -0.2) is 85.2 Å². The standard InChI is InChI=1S/C12H20N2O6S/c1-9-7-13(2-4-20-9)12(17)14-3-5-21(18,19)8-10(14)6-11(15)16/h9-10H,2-8H2,1H3,(H,15,16). The van der Waals surface area contributed by atoms with Crippen LogP contribution in [0.5, 0.6) is 0 Å². The highest BCUT2D eigenvalue weighted by molar-refractivity contribution is 7.91. The number of hydrogen-bond donors (Lipinski definition) is 1. The highest BCUT2D eigenvalue weighted by Crippen LogP contribution is 2.18. The lowest BCUT2D eigenvalue weighted by Crippen LogP contribution is -2.58. The first-order valence-corrected chi connectivity index (χ1v) is 8.70. The van der Waals surface area contributed by atoms with Gasteiger partial charge in [0.15, 0.2) is 9.84 Å². The molecule has 0 aromatic carbocycles. The number of sulfone groups is 1. The van der Waals surface area contributed by atoms with Gasteiger partial charge in [-0.3, -0.25) is 4.79 Å². The van der Waals surface area contributed by atoms with E-state index in [0.29, 0.717) is 19.7 Å². The summed E-state index contributed by atoms with van der Waals surface area (Å²) in [6.45, 7) is 3.20. The predicted molar refractivity (Wildman–Crippen MR) is 73.8 cm³/mol. The van der Waals surface area contributed by atoms with E-state index in [1.54, 1.807) is 4.90 Å². The highest BCUT2D eigenvalue weighted by atomic mass is 32.2. The van der Waals surface area contributed by atoms with Crippen molar-refractivity contribution in [2.45, 2.75) is 25.5 Å². The van der Waals surface area contributed by atoms with Crippen molar-refractivity contribution in [3.8, 4) is 0 Å². The molecule has 2 fully saturated rings. The van der Waals surface area contributed by atoms with E-state index < -0.39 is 21.8 Å². The van der Waals surface area contributed by atoms with Crippen LogP contribution in [0.2, 0.25) is 0 Å². The molecule has 0 spiro atoms. The first-order chi connectivity index (χ1) is 9.78. The molecular formula is C12H20N2O6S. The van der Waals surface area contributed by atoms with Crippen molar-refractivity contribution in [1.29, 1.82) is 0 Å². The van der Waals surface area contributed by atoms with Gasteiger partial charge in [0.25, 0.3) is 0 Å². The molecule has 0 saturated carbocycles. The third-order valence-corrected chi connectivity index (χ3v) is 5.40. The molecule has 0 radical (unpaired) electrons. The van der Waals surface area contributed by atoms with Gasteiger partial charge in [-0.15, -0.1) is 0 Å². The Hall–Kier alpha value is -1.35. The number of rotatable bonds is 2. The van der Waals surface area contributed by atoms with E-state index in [4.69, 9.17) is 9.84 Å². The average Bonchev–Trinajstić information content (AvgIpc) is 2.36. The Morgan fingerprint density at radius 1 is 1.33 bits per heavy atom. The summed E-state index contributed by atoms with van der Waals surface area (Å²) in [5.74, 6) is -1.51. The van der Waals surface area contributed by atoms with Gasteiger partial charge >= 0.3 is 12.0 Å². The zero-order chi connectivity index (χ0) is 15.6. The van der Waals surface area contributed by atoms with Gasteiger partial charge in [-0.1, -0.05) is 0 Å². The van der Waals surface area contributed by atoms with Gasteiger partial charge in [0.1, 0.15) is 0 Å². The fourth-order valence-corrected chi connectivity index (χ4v) is 4.21. The molecule has 21 heavy (non-hydrogen) atoms. The van der Waals surface area contributed by atoms with E-state index in [1.807, 2.05) is 6.92 Å². The minimum atomic E-state index is -3.29. The summed E-state index contributed by atoms with van der Waals surface area (Å²) >= 11 is 0. The fourth-order valence-electron chi connectivity index (χ4n) is 2.68. The van der Waals surface area contributed by atoms with Crippen molar-refractivity contribution in [2.75, 3.05) is 37.7 Å². The molecule has 1 N–H and O–H groups in total. The van der Waals surface area contributed by atoms with Crippen molar-refractivity contribution in [3.05, 3.63) is 0 Å². The second-order valence-corrected chi connectivity index (χ2v) is 7.70. The third-order valence-electron chi connectivity index (χ3n) is 3.70. The number of urea groups is 1. The molecular weight excluding hydrogens is 300 g/mol. The average molecular weight is 320 g/mol. The summed E-state index contributed by atoms with van der Waals surface area (Å²) in [6, 6.07) is -1.10. The first kappa shape index (κ1) is 16.0. The molecule has 0 aliphatic carbocycles. The van der Waals surface area contributed by atoms with Gasteiger partial charge in [0, 0.05) is 19.6 Å². The van der Waals surface area contributed by atoms with Gasteiger partial charge in [-0.2, -0.15) is 0 Å². The molecule has 120 valence electrons. The van der Waals surface area contributed by atoms with E-state index in [2.05, 4.69) is 0 Å². The van der Waals surface area contributed by atoms with Crippen LogP contribution < -0.4 is 0 Å². The van der Waals surface area contributed by atoms with Gasteiger partial charge in [0.05, 0.1) is 36.7 Å². The Bertz CT molecular complexity index is 520. The van der Waals surface area contributed by atoms with Crippen molar-refractivity contribution in [1.82, 2.24) is 9.80 Å². The van der Waals surface area contributed by atoms with Gasteiger partial charge in [0.2, 0.25) is 0 Å². The van der Waals surface area contributed by atoms with Gasteiger partial charge < -0.3 is 19.6 Å². The minimum absolute atomic E-state index is 0.0465. The molecule has 0 bridgehead atoms. The number of aliphatic carboxylic acids is 1. The Kier molecular flexibility index (Phi) is 4.72. The second kappa shape index (κ2) is 6.18. The monoisotopic (exact) mass is 320 g/mol. The molecule has 2 rings (SSSR count). The Morgan fingerprint density at radius 3 is 2.67 bits per heavy atom. The van der Waals surface area contributed by atoms with Crippen LogP contribution in [0.25, 0.3) is 0 Å². The SMILES string of the molecule is CC1CN(C(=O)N2CCS(=O)(=O)CC2CC(=O)O)CCO1. The number of ether oxygens (including phenoxy) is 1. The molecule has 2 aliphatic rings. The minimum Gasteiger partial charge on any atom is -0.481 e. The Labute approximate surface area is 123 Å². The second-order valence-electron chi connectivity index (χ2n) is 5.47. The molecule has 2 aliphatic heterocycles. The molecule has 2 heterocycles. The quantitative estimate of drug-likeness (QED) is 0.728. The molecule has 2 atom stereocenters. The maximum Gasteiger partial charge on any atom is 0.320 e. The Balaban J connectivity index is 2.11. The first-order valence-electron chi connectivity index (χ1n) is 6.88. The van der Waals surface area contributed by atoms with E-state index in [1.165, 1.54) is 4.90 Å². The number of carbonyl (C=O) groups excluding carboxylic acids is 1. The van der Waals surface area contributed by atoms with Crippen LogP contribution in [-0.2, 0) is 19.4 Å². The number of morpholine rings is 1. The van der Waals surface area contributed by atoms with E-state index in [0.717, 1.165) is 0 Å². The molecule has 2 unspecified atom stereocenters. The number of carbonyl (C=O) groups is 2. The van der Waals surface area contributed by atoms with Gasteiger partial charge in [-0.05, 0) is 6.92 Å². The van der Waals surface area contributed by atoms with Crippen molar-refractivity contribution in [3.63, 3.8) is 0 Å². The fraction of sp³-hybridized carbons (Fsp3) is 0.833. The topological polar surface area (TPSA) is 104 Å². The maximum atomic E-state index is 12.5. The summed E-state index contributed by atoms with van der Waals surface area (Å²) in [6.07, 6.45) is -0.431. The zero-order valence-electron chi connectivity index (χ0n) is 11.9. The van der Waals surface area contributed by atoms with E-state index in [9.17, 15) is 18.0 Å². The van der Waals surface area contributed by atoms with Crippen LogP contribution in [0.15, 0.2) is 0 Å². The molecule has 0 aromatic heterocycles. The summed E-state index contributed by atoms with van der Waals surface area (Å²) in [5.41, 5.74) is 0. The number of nitrogens with zero attached hydrogens (tertiary/aromatic N) is 2. The van der Waals surface area contributed by atoms with Crippen LogP contribution >= 0.6 is 0 Å². The summed E-state index contributed by atoms with van der Waals surface area (Å²) in [7, 11) is -3.29. The summed E-state index contributed by atoms with van der Waals surface area (Å²) < 4.78 is 28.7. The smallest absolute Gasteiger partial charge is 0.320 e. The maximum absolute atomic E-state index is 12.5. The molecule has 0 aromatic rings. The summed E-state index contributed by atoms with van der Waals surface area (Å²) in [4.78, 5) is 26.4. The van der Waals surface area contributed by atoms with Crippen LogP contribution in [0.4, 0.5) is 4.79 Å². The molecule has 8 nitrogen and oxygen atoms in total. The largest absolute Gasteiger partial charge is 0.481 e. The third kappa shape index (κ3) is 4.07. The molecule has 2 amide bonds. The van der Waals surface area contributed by atoms with E-state index in [-0.39, 0.29) is 36.6 Å². The zero-order valence-corrected chi connectivity index (χ0v) is 12.7. The van der Waals surface area contributed by atoms with Crippen LogP contribution in [0.1, 0.15) is 13.3 Å². The van der Waals surface area contributed by atoms with Crippen LogP contribution in [0.3, 0.4) is 0 Å². The lowest BCUT2D eigenvalue weighted by atomic mass is 10.2.